The van der Waals surface area contributed by atoms with Crippen LogP contribution >= 0.6 is 0 Å². The molecule has 19 heavy (non-hydrogen) atoms. The van der Waals surface area contributed by atoms with Crippen LogP contribution in [0.15, 0.2) is 18.2 Å². The highest BCUT2D eigenvalue weighted by atomic mass is 16.5. The minimum Gasteiger partial charge on any atom is -0.485 e. The Morgan fingerprint density at radius 2 is 1.68 bits per heavy atom. The predicted octanol–water partition coefficient (Wildman–Crippen LogP) is 2.45. The molecule has 0 N–H and O–H groups in total. The van der Waals surface area contributed by atoms with Crippen molar-refractivity contribution >= 4 is 11.8 Å². The fourth-order valence-electron chi connectivity index (χ4n) is 1.71. The average molecular weight is 264 g/mol. The van der Waals surface area contributed by atoms with Gasteiger partial charge in [0.15, 0.2) is 5.78 Å². The number of carbonyl (C=O) groups excluding carboxylic acids is 2. The third-order valence-corrected chi connectivity index (χ3v) is 3.15. The van der Waals surface area contributed by atoms with Gasteiger partial charge in [0.25, 0.3) is 0 Å². The molecule has 1 aromatic carbocycles. The summed E-state index contributed by atoms with van der Waals surface area (Å²) in [6, 6.07) is 5.76. The quantitative estimate of drug-likeness (QED) is 0.605. The van der Waals surface area contributed by atoms with Crippen LogP contribution in [0, 0.1) is 19.3 Å². The number of aryl methyl sites for hydroxylation is 2. The van der Waals surface area contributed by atoms with Crippen molar-refractivity contribution < 1.29 is 19.1 Å². The van der Waals surface area contributed by atoms with E-state index in [4.69, 9.17) is 4.74 Å². The van der Waals surface area contributed by atoms with Gasteiger partial charge in [0.2, 0.25) is 0 Å². The third-order valence-electron chi connectivity index (χ3n) is 3.15. The van der Waals surface area contributed by atoms with E-state index in [9.17, 15) is 9.59 Å². The van der Waals surface area contributed by atoms with Crippen molar-refractivity contribution in [3.05, 3.63) is 29.3 Å². The Labute approximate surface area is 113 Å². The zero-order valence-corrected chi connectivity index (χ0v) is 12.1. The van der Waals surface area contributed by atoms with Crippen LogP contribution in [0.2, 0.25) is 0 Å². The molecule has 4 nitrogen and oxygen atoms in total. The van der Waals surface area contributed by atoms with Gasteiger partial charge in [-0.2, -0.15) is 0 Å². The highest BCUT2D eigenvalue weighted by Crippen LogP contribution is 2.24. The SMILES string of the molecule is COC(=O)C(C)(C)C(=O)COc1c(C)cccc1C. The number of ketones is 1. The molecule has 0 unspecified atom stereocenters. The van der Waals surface area contributed by atoms with Gasteiger partial charge in [-0.3, -0.25) is 9.59 Å². The van der Waals surface area contributed by atoms with Gasteiger partial charge in [-0.25, -0.2) is 0 Å². The number of rotatable bonds is 5. The highest BCUT2D eigenvalue weighted by Gasteiger charge is 2.37. The second-order valence-electron chi connectivity index (χ2n) is 5.05. The lowest BCUT2D eigenvalue weighted by Gasteiger charge is -2.20. The van der Waals surface area contributed by atoms with Crippen molar-refractivity contribution in [3.63, 3.8) is 0 Å². The molecule has 0 atom stereocenters. The maximum atomic E-state index is 12.0. The molecular formula is C15H20O4. The molecule has 0 saturated carbocycles. The number of ether oxygens (including phenoxy) is 2. The van der Waals surface area contributed by atoms with E-state index < -0.39 is 11.4 Å². The fourth-order valence-corrected chi connectivity index (χ4v) is 1.71. The largest absolute Gasteiger partial charge is 0.485 e. The minimum absolute atomic E-state index is 0.145. The maximum absolute atomic E-state index is 12.0. The van der Waals surface area contributed by atoms with E-state index in [0.717, 1.165) is 11.1 Å². The normalized spacial score (nSPS) is 11.0. The van der Waals surface area contributed by atoms with E-state index in [0.29, 0.717) is 5.75 Å². The van der Waals surface area contributed by atoms with Gasteiger partial charge in [-0.1, -0.05) is 18.2 Å². The molecule has 0 saturated heterocycles. The monoisotopic (exact) mass is 264 g/mol. The average Bonchev–Trinajstić information content (AvgIpc) is 2.36. The smallest absolute Gasteiger partial charge is 0.318 e. The van der Waals surface area contributed by atoms with Crippen LogP contribution in [0.5, 0.6) is 5.75 Å². The van der Waals surface area contributed by atoms with Gasteiger partial charge in [0.1, 0.15) is 17.8 Å². The molecule has 104 valence electrons. The molecule has 1 aromatic rings. The summed E-state index contributed by atoms with van der Waals surface area (Å²) in [7, 11) is 1.27. The summed E-state index contributed by atoms with van der Waals surface area (Å²) in [6.45, 7) is 6.76. The molecule has 0 radical (unpaired) electrons. The van der Waals surface area contributed by atoms with Gasteiger partial charge >= 0.3 is 5.97 Å². The number of carbonyl (C=O) groups is 2. The maximum Gasteiger partial charge on any atom is 0.318 e. The Morgan fingerprint density at radius 1 is 1.16 bits per heavy atom. The number of Topliss-reactive ketones (excluding diaryl/α,β-unsaturated/α-hetero) is 1. The molecule has 0 aliphatic heterocycles. The molecule has 4 heteroatoms. The molecule has 0 fully saturated rings. The first-order valence-corrected chi connectivity index (χ1v) is 6.11. The summed E-state index contributed by atoms with van der Waals surface area (Å²) >= 11 is 0. The standard InChI is InChI=1S/C15H20O4/c1-10-7-6-8-11(2)13(10)19-9-12(16)15(3,4)14(17)18-5/h6-8H,9H2,1-5H3. The first-order chi connectivity index (χ1) is 8.80. The molecule has 0 spiro atoms. The zero-order valence-electron chi connectivity index (χ0n) is 12.1. The van der Waals surface area contributed by atoms with E-state index in [1.807, 2.05) is 32.0 Å². The molecule has 0 aliphatic carbocycles. The van der Waals surface area contributed by atoms with E-state index in [1.54, 1.807) is 0 Å². The molecule has 0 aromatic heterocycles. The lowest BCUT2D eigenvalue weighted by atomic mass is 9.88. The van der Waals surface area contributed by atoms with Crippen molar-refractivity contribution in [2.24, 2.45) is 5.41 Å². The van der Waals surface area contributed by atoms with Crippen LogP contribution in [-0.4, -0.2) is 25.5 Å². The number of esters is 1. The summed E-state index contributed by atoms with van der Waals surface area (Å²) in [5, 5.41) is 0. The predicted molar refractivity (Wildman–Crippen MR) is 72.2 cm³/mol. The Morgan fingerprint density at radius 3 is 2.16 bits per heavy atom. The number of hydrogen-bond donors (Lipinski definition) is 0. The van der Waals surface area contributed by atoms with Gasteiger partial charge in [-0.05, 0) is 38.8 Å². The van der Waals surface area contributed by atoms with E-state index in [-0.39, 0.29) is 12.4 Å². The number of benzene rings is 1. The minimum atomic E-state index is -1.19. The number of para-hydroxylation sites is 1. The van der Waals surface area contributed by atoms with Crippen molar-refractivity contribution in [1.29, 1.82) is 0 Å². The first kappa shape index (κ1) is 15.2. The second kappa shape index (κ2) is 5.87. The summed E-state index contributed by atoms with van der Waals surface area (Å²) < 4.78 is 10.2. The lowest BCUT2D eigenvalue weighted by molar-refractivity contribution is -0.156. The Bertz CT molecular complexity index is 469. The van der Waals surface area contributed by atoms with Crippen LogP contribution in [0.25, 0.3) is 0 Å². The first-order valence-electron chi connectivity index (χ1n) is 6.11. The molecule has 0 amide bonds. The Hall–Kier alpha value is -1.84. The van der Waals surface area contributed by atoms with Crippen LogP contribution in [0.1, 0.15) is 25.0 Å². The summed E-state index contributed by atoms with van der Waals surface area (Å²) in [4.78, 5) is 23.6. The van der Waals surface area contributed by atoms with Gasteiger partial charge < -0.3 is 9.47 Å². The van der Waals surface area contributed by atoms with Crippen molar-refractivity contribution in [2.75, 3.05) is 13.7 Å². The van der Waals surface area contributed by atoms with Gasteiger partial charge in [0, 0.05) is 0 Å². The second-order valence-corrected chi connectivity index (χ2v) is 5.05. The third kappa shape index (κ3) is 3.34. The molecule has 0 heterocycles. The van der Waals surface area contributed by atoms with Crippen LogP contribution in [0.3, 0.4) is 0 Å². The molecular weight excluding hydrogens is 244 g/mol. The molecule has 0 aliphatic rings. The lowest BCUT2D eigenvalue weighted by Crippen LogP contribution is -2.37. The van der Waals surface area contributed by atoms with Crippen molar-refractivity contribution in [1.82, 2.24) is 0 Å². The topological polar surface area (TPSA) is 52.6 Å². The number of methoxy groups -OCH3 is 1. The van der Waals surface area contributed by atoms with Crippen LogP contribution < -0.4 is 4.74 Å². The Kier molecular flexibility index (Phi) is 4.70. The fraction of sp³-hybridized carbons (Fsp3) is 0.467. The van der Waals surface area contributed by atoms with Gasteiger partial charge in [-0.15, -0.1) is 0 Å². The summed E-state index contributed by atoms with van der Waals surface area (Å²) in [6.07, 6.45) is 0. The van der Waals surface area contributed by atoms with E-state index >= 15 is 0 Å². The molecule has 1 rings (SSSR count). The highest BCUT2D eigenvalue weighted by molar-refractivity contribution is 6.03. The summed E-state index contributed by atoms with van der Waals surface area (Å²) in [5.74, 6) is -0.166. The Balaban J connectivity index is 2.77. The van der Waals surface area contributed by atoms with Gasteiger partial charge in [0.05, 0.1) is 7.11 Å². The van der Waals surface area contributed by atoms with Crippen LogP contribution in [-0.2, 0) is 14.3 Å². The van der Waals surface area contributed by atoms with Crippen molar-refractivity contribution in [2.45, 2.75) is 27.7 Å². The summed E-state index contributed by atoms with van der Waals surface area (Å²) in [5.41, 5.74) is 0.734. The number of hydrogen-bond acceptors (Lipinski definition) is 4. The van der Waals surface area contributed by atoms with E-state index in [2.05, 4.69) is 4.74 Å². The zero-order chi connectivity index (χ0) is 14.6. The van der Waals surface area contributed by atoms with Crippen molar-refractivity contribution in [3.8, 4) is 5.75 Å². The van der Waals surface area contributed by atoms with E-state index in [1.165, 1.54) is 21.0 Å². The molecule has 0 bridgehead atoms. The van der Waals surface area contributed by atoms with Crippen LogP contribution in [0.4, 0.5) is 0 Å².